The molecule has 0 fully saturated rings. The summed E-state index contributed by atoms with van der Waals surface area (Å²) in [7, 11) is 0. The van der Waals surface area contributed by atoms with Gasteiger partial charge < -0.3 is 0 Å². The van der Waals surface area contributed by atoms with Gasteiger partial charge in [-0.05, 0) is 30.2 Å². The fourth-order valence-electron chi connectivity index (χ4n) is 0.747. The summed E-state index contributed by atoms with van der Waals surface area (Å²) in [5.74, 6) is 0. The predicted molar refractivity (Wildman–Crippen MR) is 39.4 cm³/mol. The molecule has 1 rings (SSSR count). The molecule has 1 aromatic rings. The van der Waals surface area contributed by atoms with E-state index in [0.717, 1.165) is 12.0 Å². The summed E-state index contributed by atoms with van der Waals surface area (Å²) in [6, 6.07) is 10.5. The Hall–Kier alpha value is -1.29. The smallest absolute Gasteiger partial charge is 0.0991 e. The van der Waals surface area contributed by atoms with Gasteiger partial charge in [-0.15, -0.1) is 0 Å². The summed E-state index contributed by atoms with van der Waals surface area (Å²) in [4.78, 5) is 0. The van der Waals surface area contributed by atoms with E-state index in [0.29, 0.717) is 5.56 Å². The van der Waals surface area contributed by atoms with Crippen LogP contribution < -0.4 is 0 Å². The Morgan fingerprint density at radius 3 is 2.80 bits per heavy atom. The number of nitriles is 1. The van der Waals surface area contributed by atoms with Crippen molar-refractivity contribution >= 4 is 0 Å². The van der Waals surface area contributed by atoms with Gasteiger partial charge in [-0.3, -0.25) is 0 Å². The largest absolute Gasteiger partial charge is 0.192 e. The summed E-state index contributed by atoms with van der Waals surface area (Å²) in [5.41, 5.74) is 1.83. The van der Waals surface area contributed by atoms with E-state index in [2.05, 4.69) is 13.0 Å². The van der Waals surface area contributed by atoms with Gasteiger partial charge in [0.05, 0.1) is 11.6 Å². The van der Waals surface area contributed by atoms with Crippen molar-refractivity contribution in [3.05, 3.63) is 35.4 Å². The van der Waals surface area contributed by atoms with E-state index in [-0.39, 0.29) is 0 Å². The number of aryl methyl sites for hydroxylation is 1. The van der Waals surface area contributed by atoms with Gasteiger partial charge in [0, 0.05) is 0 Å². The molecule has 0 saturated heterocycles. The van der Waals surface area contributed by atoms with Gasteiger partial charge in [0.2, 0.25) is 0 Å². The number of benzene rings is 1. The maximum atomic E-state index is 8.43. The zero-order valence-electron chi connectivity index (χ0n) is 5.89. The number of hydrogen-bond donors (Lipinski definition) is 0. The first-order chi connectivity index (χ1) is 4.86. The normalized spacial score (nSPS) is 8.80. The molecule has 1 heteroatoms. The zero-order chi connectivity index (χ0) is 7.40. The summed E-state index contributed by atoms with van der Waals surface area (Å²) in [6.07, 6.45) is 0.978. The van der Waals surface area contributed by atoms with Crippen LogP contribution in [0.1, 0.15) is 18.1 Å². The third-order valence-electron chi connectivity index (χ3n) is 1.39. The Morgan fingerprint density at radius 2 is 2.40 bits per heavy atom. The van der Waals surface area contributed by atoms with E-state index >= 15 is 0 Å². The van der Waals surface area contributed by atoms with Crippen molar-refractivity contribution in [1.82, 2.24) is 0 Å². The Bertz CT molecular complexity index is 240. The van der Waals surface area contributed by atoms with Crippen LogP contribution in [0.3, 0.4) is 0 Å². The molecule has 0 saturated carbocycles. The maximum absolute atomic E-state index is 8.43. The van der Waals surface area contributed by atoms with Crippen molar-refractivity contribution in [2.75, 3.05) is 0 Å². The summed E-state index contributed by atoms with van der Waals surface area (Å²) in [6.45, 7) is 2.07. The molecule has 1 nitrogen and oxygen atoms in total. The first kappa shape index (κ1) is 6.82. The van der Waals surface area contributed by atoms with Crippen LogP contribution in [-0.2, 0) is 6.42 Å². The van der Waals surface area contributed by atoms with Gasteiger partial charge in [0.1, 0.15) is 0 Å². The van der Waals surface area contributed by atoms with Crippen molar-refractivity contribution in [2.45, 2.75) is 13.3 Å². The Labute approximate surface area is 60.9 Å². The van der Waals surface area contributed by atoms with Crippen LogP contribution in [-0.4, -0.2) is 0 Å². The number of hydrogen-bond acceptors (Lipinski definition) is 1. The molecule has 0 heterocycles. The minimum Gasteiger partial charge on any atom is -0.192 e. The van der Waals surface area contributed by atoms with E-state index < -0.39 is 0 Å². The Morgan fingerprint density at radius 1 is 1.60 bits per heavy atom. The van der Waals surface area contributed by atoms with Crippen LogP contribution in [0.2, 0.25) is 0 Å². The standard InChI is InChI=1S/C9H8N/c1-2-8-3-5-9(7-10)6-4-8/h3,5-6H,2H2,1H3. The highest BCUT2D eigenvalue weighted by molar-refractivity contribution is 5.30. The molecule has 49 valence electrons. The van der Waals surface area contributed by atoms with Crippen LogP contribution in [0.25, 0.3) is 0 Å². The quantitative estimate of drug-likeness (QED) is 0.569. The fourth-order valence-corrected chi connectivity index (χ4v) is 0.747. The highest BCUT2D eigenvalue weighted by atomic mass is 14.2. The minimum absolute atomic E-state index is 0.678. The first-order valence-electron chi connectivity index (χ1n) is 3.27. The molecular weight excluding hydrogens is 122 g/mol. The molecule has 1 aromatic carbocycles. The molecule has 1 radical (unpaired) electrons. The van der Waals surface area contributed by atoms with Crippen molar-refractivity contribution in [3.63, 3.8) is 0 Å². The second-order valence-corrected chi connectivity index (χ2v) is 2.07. The molecule has 0 aliphatic carbocycles. The van der Waals surface area contributed by atoms with Crippen LogP contribution in [0, 0.1) is 17.4 Å². The lowest BCUT2D eigenvalue weighted by atomic mass is 10.1. The molecule has 0 aliphatic rings. The Balaban J connectivity index is 2.93. The lowest BCUT2D eigenvalue weighted by Gasteiger charge is -1.92. The zero-order valence-corrected chi connectivity index (χ0v) is 5.89. The molecule has 0 unspecified atom stereocenters. The number of rotatable bonds is 1. The summed E-state index contributed by atoms with van der Waals surface area (Å²) < 4.78 is 0. The molecule has 0 N–H and O–H groups in total. The van der Waals surface area contributed by atoms with Crippen molar-refractivity contribution in [1.29, 1.82) is 5.26 Å². The second kappa shape index (κ2) is 3.03. The second-order valence-electron chi connectivity index (χ2n) is 2.07. The van der Waals surface area contributed by atoms with Crippen molar-refractivity contribution < 1.29 is 0 Å². The molecular formula is C9H8N. The van der Waals surface area contributed by atoms with Gasteiger partial charge in [-0.1, -0.05) is 13.0 Å². The maximum Gasteiger partial charge on any atom is 0.0991 e. The molecule has 0 atom stereocenters. The molecule has 0 aliphatic heterocycles. The monoisotopic (exact) mass is 130 g/mol. The third-order valence-corrected chi connectivity index (χ3v) is 1.39. The average molecular weight is 130 g/mol. The van der Waals surface area contributed by atoms with Crippen LogP contribution in [0.15, 0.2) is 18.2 Å². The highest BCUT2D eigenvalue weighted by Crippen LogP contribution is 2.01. The van der Waals surface area contributed by atoms with Gasteiger partial charge in [-0.25, -0.2) is 0 Å². The van der Waals surface area contributed by atoms with E-state index in [4.69, 9.17) is 5.26 Å². The fraction of sp³-hybridized carbons (Fsp3) is 0.222. The topological polar surface area (TPSA) is 23.8 Å². The van der Waals surface area contributed by atoms with Crippen molar-refractivity contribution in [3.8, 4) is 6.07 Å². The molecule has 0 aromatic heterocycles. The SMILES string of the molecule is CCc1[c]cc(C#N)cc1. The van der Waals surface area contributed by atoms with Gasteiger partial charge in [-0.2, -0.15) is 5.26 Å². The van der Waals surface area contributed by atoms with E-state index in [1.807, 2.05) is 18.2 Å². The first-order valence-corrected chi connectivity index (χ1v) is 3.27. The van der Waals surface area contributed by atoms with Gasteiger partial charge in [0.15, 0.2) is 0 Å². The van der Waals surface area contributed by atoms with E-state index in [9.17, 15) is 0 Å². The molecule has 0 bridgehead atoms. The lowest BCUT2D eigenvalue weighted by molar-refractivity contribution is 1.13. The predicted octanol–water partition coefficient (Wildman–Crippen LogP) is 1.92. The lowest BCUT2D eigenvalue weighted by Crippen LogP contribution is -1.79. The van der Waals surface area contributed by atoms with Crippen LogP contribution in [0.4, 0.5) is 0 Å². The van der Waals surface area contributed by atoms with Gasteiger partial charge in [0.25, 0.3) is 0 Å². The Kier molecular flexibility index (Phi) is 2.07. The average Bonchev–Trinajstić information content (AvgIpc) is 2.05. The molecule has 0 spiro atoms. The molecule has 10 heavy (non-hydrogen) atoms. The van der Waals surface area contributed by atoms with Gasteiger partial charge >= 0.3 is 0 Å². The van der Waals surface area contributed by atoms with Crippen molar-refractivity contribution in [2.24, 2.45) is 0 Å². The molecule has 0 amide bonds. The van der Waals surface area contributed by atoms with E-state index in [1.54, 1.807) is 6.07 Å². The van der Waals surface area contributed by atoms with Crippen LogP contribution in [0.5, 0.6) is 0 Å². The summed E-state index contributed by atoms with van der Waals surface area (Å²) in [5, 5.41) is 8.43. The summed E-state index contributed by atoms with van der Waals surface area (Å²) >= 11 is 0. The van der Waals surface area contributed by atoms with Crippen LogP contribution >= 0.6 is 0 Å². The van der Waals surface area contributed by atoms with E-state index in [1.165, 1.54) is 0 Å². The minimum atomic E-state index is 0.678. The highest BCUT2D eigenvalue weighted by Gasteiger charge is 1.89. The number of nitrogens with zero attached hydrogens (tertiary/aromatic N) is 1. The third kappa shape index (κ3) is 1.35.